The Kier molecular flexibility index (Phi) is 3.19. The molecule has 1 saturated carbocycles. The van der Waals surface area contributed by atoms with Crippen molar-refractivity contribution in [1.82, 2.24) is 9.55 Å². The number of hydrogen-bond donors (Lipinski definition) is 1. The molecule has 0 saturated heterocycles. The molecule has 2 rings (SSSR count). The molecule has 0 aliphatic heterocycles. The second kappa shape index (κ2) is 4.60. The minimum absolute atomic E-state index is 0.553. The molecule has 1 aliphatic rings. The fourth-order valence-electron chi connectivity index (χ4n) is 2.28. The maximum absolute atomic E-state index is 5.52. The predicted molar refractivity (Wildman–Crippen MR) is 56.7 cm³/mol. The molecule has 0 amide bonds. The first-order valence-electron chi connectivity index (χ1n) is 5.59. The van der Waals surface area contributed by atoms with Crippen LogP contribution in [0.15, 0.2) is 12.5 Å². The molecule has 0 aromatic carbocycles. The van der Waals surface area contributed by atoms with Gasteiger partial charge in [0.25, 0.3) is 0 Å². The lowest BCUT2D eigenvalue weighted by Crippen LogP contribution is -2.13. The van der Waals surface area contributed by atoms with Crippen molar-refractivity contribution in [2.45, 2.75) is 45.2 Å². The standard InChI is InChI=1S/C11H19N3/c12-6-11-8-14(9-13-11)7-10-4-2-1-3-5-10/h8-10H,1-7,12H2. The summed E-state index contributed by atoms with van der Waals surface area (Å²) in [4.78, 5) is 4.24. The van der Waals surface area contributed by atoms with Crippen molar-refractivity contribution in [3.8, 4) is 0 Å². The Hall–Kier alpha value is -0.830. The Balaban J connectivity index is 1.89. The van der Waals surface area contributed by atoms with Gasteiger partial charge in [0, 0.05) is 19.3 Å². The molecular weight excluding hydrogens is 174 g/mol. The highest BCUT2D eigenvalue weighted by Gasteiger charge is 2.13. The number of hydrogen-bond acceptors (Lipinski definition) is 2. The van der Waals surface area contributed by atoms with Gasteiger partial charge in [-0.25, -0.2) is 4.98 Å². The van der Waals surface area contributed by atoms with Crippen LogP contribution in [0.3, 0.4) is 0 Å². The first-order chi connectivity index (χ1) is 6.88. The summed E-state index contributed by atoms with van der Waals surface area (Å²) in [5, 5.41) is 0. The molecule has 14 heavy (non-hydrogen) atoms. The van der Waals surface area contributed by atoms with E-state index in [2.05, 4.69) is 15.7 Å². The van der Waals surface area contributed by atoms with Crippen LogP contribution in [0.1, 0.15) is 37.8 Å². The quantitative estimate of drug-likeness (QED) is 0.797. The van der Waals surface area contributed by atoms with Crippen LogP contribution in [0, 0.1) is 5.92 Å². The molecule has 0 spiro atoms. The largest absolute Gasteiger partial charge is 0.337 e. The van der Waals surface area contributed by atoms with Crippen LogP contribution in [0.5, 0.6) is 0 Å². The summed E-state index contributed by atoms with van der Waals surface area (Å²) in [5.41, 5.74) is 6.52. The molecule has 0 atom stereocenters. The van der Waals surface area contributed by atoms with Crippen LogP contribution >= 0.6 is 0 Å². The number of imidazole rings is 1. The molecule has 1 fully saturated rings. The van der Waals surface area contributed by atoms with Gasteiger partial charge in [-0.1, -0.05) is 19.3 Å². The van der Waals surface area contributed by atoms with Crippen LogP contribution in [0.25, 0.3) is 0 Å². The highest BCUT2D eigenvalue weighted by molar-refractivity contribution is 4.95. The number of aromatic nitrogens is 2. The Morgan fingerprint density at radius 2 is 2.14 bits per heavy atom. The Morgan fingerprint density at radius 1 is 1.36 bits per heavy atom. The van der Waals surface area contributed by atoms with Crippen LogP contribution in [-0.4, -0.2) is 9.55 Å². The van der Waals surface area contributed by atoms with Crippen LogP contribution in [0.2, 0.25) is 0 Å². The fraction of sp³-hybridized carbons (Fsp3) is 0.727. The molecule has 0 radical (unpaired) electrons. The van der Waals surface area contributed by atoms with E-state index in [1.165, 1.54) is 32.1 Å². The third-order valence-corrected chi connectivity index (χ3v) is 3.09. The summed E-state index contributed by atoms with van der Waals surface area (Å²) in [6.07, 6.45) is 11.0. The van der Waals surface area contributed by atoms with Gasteiger partial charge >= 0.3 is 0 Å². The van der Waals surface area contributed by atoms with E-state index < -0.39 is 0 Å². The first kappa shape index (κ1) is 9.71. The van der Waals surface area contributed by atoms with Crippen molar-refractivity contribution < 1.29 is 0 Å². The van der Waals surface area contributed by atoms with Gasteiger partial charge in [0.2, 0.25) is 0 Å². The van der Waals surface area contributed by atoms with Gasteiger partial charge in [-0.2, -0.15) is 0 Å². The zero-order valence-corrected chi connectivity index (χ0v) is 8.65. The maximum Gasteiger partial charge on any atom is 0.0950 e. The Morgan fingerprint density at radius 3 is 2.79 bits per heavy atom. The van der Waals surface area contributed by atoms with E-state index in [1.54, 1.807) is 0 Å². The summed E-state index contributed by atoms with van der Waals surface area (Å²) < 4.78 is 2.19. The van der Waals surface area contributed by atoms with Gasteiger partial charge in [-0.3, -0.25) is 0 Å². The average Bonchev–Trinajstić information content (AvgIpc) is 2.67. The van der Waals surface area contributed by atoms with E-state index in [9.17, 15) is 0 Å². The summed E-state index contributed by atoms with van der Waals surface area (Å²) in [6.45, 7) is 1.69. The summed E-state index contributed by atoms with van der Waals surface area (Å²) in [7, 11) is 0. The molecule has 1 heterocycles. The molecule has 3 nitrogen and oxygen atoms in total. The summed E-state index contributed by atoms with van der Waals surface area (Å²) >= 11 is 0. The van der Waals surface area contributed by atoms with E-state index >= 15 is 0 Å². The molecule has 1 aliphatic carbocycles. The van der Waals surface area contributed by atoms with Crippen molar-refractivity contribution in [1.29, 1.82) is 0 Å². The van der Waals surface area contributed by atoms with Crippen molar-refractivity contribution in [2.75, 3.05) is 0 Å². The molecular formula is C11H19N3. The molecule has 0 bridgehead atoms. The van der Waals surface area contributed by atoms with Gasteiger partial charge in [0.05, 0.1) is 12.0 Å². The van der Waals surface area contributed by atoms with Crippen molar-refractivity contribution in [2.24, 2.45) is 11.7 Å². The maximum atomic E-state index is 5.52. The van der Waals surface area contributed by atoms with E-state index in [0.717, 1.165) is 18.2 Å². The van der Waals surface area contributed by atoms with Crippen molar-refractivity contribution in [3.05, 3.63) is 18.2 Å². The third-order valence-electron chi connectivity index (χ3n) is 3.09. The number of nitrogens with two attached hydrogens (primary N) is 1. The highest BCUT2D eigenvalue weighted by Crippen LogP contribution is 2.24. The molecule has 3 heteroatoms. The molecule has 0 unspecified atom stereocenters. The smallest absolute Gasteiger partial charge is 0.0950 e. The van der Waals surface area contributed by atoms with Crippen LogP contribution < -0.4 is 5.73 Å². The summed E-state index contributed by atoms with van der Waals surface area (Å²) in [5.74, 6) is 0.864. The van der Waals surface area contributed by atoms with E-state index in [1.807, 2.05) is 6.33 Å². The van der Waals surface area contributed by atoms with Gasteiger partial charge in [-0.05, 0) is 18.8 Å². The van der Waals surface area contributed by atoms with Crippen LogP contribution in [0.4, 0.5) is 0 Å². The topological polar surface area (TPSA) is 43.8 Å². The minimum Gasteiger partial charge on any atom is -0.337 e. The second-order valence-electron chi connectivity index (χ2n) is 4.27. The first-order valence-corrected chi connectivity index (χ1v) is 5.59. The zero-order chi connectivity index (χ0) is 9.80. The van der Waals surface area contributed by atoms with Gasteiger partial charge < -0.3 is 10.3 Å². The third kappa shape index (κ3) is 2.35. The van der Waals surface area contributed by atoms with E-state index in [4.69, 9.17) is 5.73 Å². The van der Waals surface area contributed by atoms with Gasteiger partial charge in [-0.15, -0.1) is 0 Å². The lowest BCUT2D eigenvalue weighted by atomic mass is 9.89. The lowest BCUT2D eigenvalue weighted by Gasteiger charge is -2.21. The molecule has 1 aromatic rings. The molecule has 2 N–H and O–H groups in total. The normalized spacial score (nSPS) is 18.6. The number of nitrogens with zero attached hydrogens (tertiary/aromatic N) is 2. The monoisotopic (exact) mass is 193 g/mol. The fourth-order valence-corrected chi connectivity index (χ4v) is 2.28. The molecule has 78 valence electrons. The zero-order valence-electron chi connectivity index (χ0n) is 8.65. The van der Waals surface area contributed by atoms with Crippen molar-refractivity contribution >= 4 is 0 Å². The Bertz CT molecular complexity index is 274. The van der Waals surface area contributed by atoms with E-state index in [-0.39, 0.29) is 0 Å². The SMILES string of the molecule is NCc1cn(CC2CCCCC2)cn1. The predicted octanol–water partition coefficient (Wildman–Crippen LogP) is 1.92. The Labute approximate surface area is 85.3 Å². The summed E-state index contributed by atoms with van der Waals surface area (Å²) in [6, 6.07) is 0. The van der Waals surface area contributed by atoms with Crippen molar-refractivity contribution in [3.63, 3.8) is 0 Å². The van der Waals surface area contributed by atoms with E-state index in [0.29, 0.717) is 6.54 Å². The highest BCUT2D eigenvalue weighted by atomic mass is 15.0. The average molecular weight is 193 g/mol. The van der Waals surface area contributed by atoms with Crippen LogP contribution in [-0.2, 0) is 13.1 Å². The lowest BCUT2D eigenvalue weighted by molar-refractivity contribution is 0.319. The minimum atomic E-state index is 0.553. The van der Waals surface area contributed by atoms with Gasteiger partial charge in [0.1, 0.15) is 0 Å². The second-order valence-corrected chi connectivity index (χ2v) is 4.27. The molecule has 1 aromatic heterocycles. The number of rotatable bonds is 3. The van der Waals surface area contributed by atoms with Gasteiger partial charge in [0.15, 0.2) is 0 Å².